The molecule has 0 saturated heterocycles. The molecule has 2 atom stereocenters. The van der Waals surface area contributed by atoms with Gasteiger partial charge in [-0.2, -0.15) is 0 Å². The molecule has 0 radical (unpaired) electrons. The highest BCUT2D eigenvalue weighted by molar-refractivity contribution is 14.0. The van der Waals surface area contributed by atoms with Gasteiger partial charge in [0.25, 0.3) is 0 Å². The molecule has 0 spiro atoms. The van der Waals surface area contributed by atoms with Gasteiger partial charge < -0.3 is 15.0 Å². The summed E-state index contributed by atoms with van der Waals surface area (Å²) >= 11 is 0. The van der Waals surface area contributed by atoms with E-state index in [2.05, 4.69) is 54.5 Å². The summed E-state index contributed by atoms with van der Waals surface area (Å²) in [6.07, 6.45) is 3.97. The van der Waals surface area contributed by atoms with Gasteiger partial charge in [-0.15, -0.1) is 24.0 Å². The van der Waals surface area contributed by atoms with Crippen LogP contribution in [0.1, 0.15) is 37.7 Å². The van der Waals surface area contributed by atoms with Crippen molar-refractivity contribution in [3.05, 3.63) is 35.9 Å². The highest BCUT2D eigenvalue weighted by Gasteiger charge is 2.37. The first-order valence-corrected chi connectivity index (χ1v) is 9.40. The van der Waals surface area contributed by atoms with E-state index in [0.717, 1.165) is 44.7 Å². The van der Waals surface area contributed by atoms with E-state index in [1.165, 1.54) is 24.8 Å². The van der Waals surface area contributed by atoms with Crippen LogP contribution in [0.15, 0.2) is 35.3 Å². The molecule has 2 aliphatic carbocycles. The number of aliphatic imine (C=N–C) groups is 1. The van der Waals surface area contributed by atoms with Crippen molar-refractivity contribution in [3.8, 4) is 0 Å². The minimum atomic E-state index is 0. The van der Waals surface area contributed by atoms with Crippen LogP contribution in [0.4, 0.5) is 0 Å². The molecule has 140 valence electrons. The van der Waals surface area contributed by atoms with Gasteiger partial charge in [0.2, 0.25) is 0 Å². The molecule has 4 nitrogen and oxygen atoms in total. The molecule has 1 N–H and O–H groups in total. The first kappa shape index (κ1) is 20.5. The number of likely N-dealkylation sites (N-methyl/N-ethyl adjacent to an activating group) is 1. The van der Waals surface area contributed by atoms with Crippen LogP contribution in [0.2, 0.25) is 0 Å². The maximum absolute atomic E-state index is 5.74. The van der Waals surface area contributed by atoms with Crippen molar-refractivity contribution in [3.63, 3.8) is 0 Å². The van der Waals surface area contributed by atoms with Crippen molar-refractivity contribution in [2.24, 2.45) is 16.8 Å². The maximum atomic E-state index is 5.74. The van der Waals surface area contributed by atoms with E-state index in [0.29, 0.717) is 11.8 Å². The Bertz CT molecular complexity index is 533. The Hall–Kier alpha value is -0.820. The third kappa shape index (κ3) is 6.77. The van der Waals surface area contributed by atoms with Crippen molar-refractivity contribution < 1.29 is 4.74 Å². The molecule has 2 saturated carbocycles. The normalized spacial score (nSPS) is 22.2. The molecule has 25 heavy (non-hydrogen) atoms. The summed E-state index contributed by atoms with van der Waals surface area (Å²) in [5.41, 5.74) is 1.46. The van der Waals surface area contributed by atoms with Crippen molar-refractivity contribution in [2.75, 3.05) is 39.9 Å². The lowest BCUT2D eigenvalue weighted by Gasteiger charge is -2.22. The molecular weight excluding hydrogens is 425 g/mol. The predicted octanol–water partition coefficient (Wildman–Crippen LogP) is 3.73. The fourth-order valence-electron chi connectivity index (χ4n) is 3.07. The lowest BCUT2D eigenvalue weighted by atomic mass is 10.1. The predicted molar refractivity (Wildman–Crippen MR) is 115 cm³/mol. The first-order chi connectivity index (χ1) is 11.8. The molecule has 0 heterocycles. The summed E-state index contributed by atoms with van der Waals surface area (Å²) in [7, 11) is 2.10. The molecule has 0 aliphatic heterocycles. The zero-order valence-corrected chi connectivity index (χ0v) is 17.8. The summed E-state index contributed by atoms with van der Waals surface area (Å²) in [5.74, 6) is 3.24. The van der Waals surface area contributed by atoms with Crippen LogP contribution in [0.3, 0.4) is 0 Å². The van der Waals surface area contributed by atoms with Gasteiger partial charge in [0, 0.05) is 33.3 Å². The van der Waals surface area contributed by atoms with Crippen LogP contribution in [-0.2, 0) is 4.74 Å². The zero-order valence-electron chi connectivity index (χ0n) is 15.5. The molecule has 3 rings (SSSR count). The van der Waals surface area contributed by atoms with Gasteiger partial charge in [0.1, 0.15) is 0 Å². The largest absolute Gasteiger partial charge is 0.379 e. The number of guanidine groups is 1. The van der Waals surface area contributed by atoms with E-state index in [4.69, 9.17) is 9.73 Å². The second-order valence-corrected chi connectivity index (χ2v) is 7.15. The van der Waals surface area contributed by atoms with Crippen molar-refractivity contribution in [1.29, 1.82) is 0 Å². The monoisotopic (exact) mass is 457 g/mol. The molecule has 1 aromatic carbocycles. The Morgan fingerprint density at radius 2 is 2.04 bits per heavy atom. The van der Waals surface area contributed by atoms with Gasteiger partial charge in [-0.05, 0) is 49.5 Å². The maximum Gasteiger partial charge on any atom is 0.193 e. The summed E-state index contributed by atoms with van der Waals surface area (Å²) < 4.78 is 5.74. The van der Waals surface area contributed by atoms with E-state index in [1.807, 2.05) is 0 Å². The highest BCUT2D eigenvalue weighted by atomic mass is 127. The Balaban J connectivity index is 0.00000225. The lowest BCUT2D eigenvalue weighted by Crippen LogP contribution is -2.40. The van der Waals surface area contributed by atoms with Crippen LogP contribution in [0, 0.1) is 11.8 Å². The number of ether oxygens (including phenoxy) is 1. The molecular formula is C20H32IN3O. The van der Waals surface area contributed by atoms with Gasteiger partial charge in [0.15, 0.2) is 5.96 Å². The Morgan fingerprint density at radius 3 is 2.72 bits per heavy atom. The van der Waals surface area contributed by atoms with Crippen LogP contribution in [0.5, 0.6) is 0 Å². The Morgan fingerprint density at radius 1 is 1.28 bits per heavy atom. The molecule has 1 aromatic rings. The number of nitrogens with one attached hydrogen (secondary N) is 1. The first-order valence-electron chi connectivity index (χ1n) is 9.40. The molecule has 0 amide bonds. The van der Waals surface area contributed by atoms with Crippen molar-refractivity contribution in [2.45, 2.75) is 32.1 Å². The van der Waals surface area contributed by atoms with E-state index in [9.17, 15) is 0 Å². The number of benzene rings is 1. The van der Waals surface area contributed by atoms with E-state index in [1.54, 1.807) is 0 Å². The van der Waals surface area contributed by atoms with Gasteiger partial charge in [-0.25, -0.2) is 0 Å². The van der Waals surface area contributed by atoms with Crippen molar-refractivity contribution >= 4 is 29.9 Å². The average molecular weight is 457 g/mol. The summed E-state index contributed by atoms with van der Waals surface area (Å²) in [5, 5.41) is 3.40. The van der Waals surface area contributed by atoms with Crippen LogP contribution in [-0.4, -0.2) is 50.8 Å². The number of rotatable bonds is 9. The number of nitrogens with zero attached hydrogens (tertiary/aromatic N) is 2. The second kappa shape index (κ2) is 10.4. The molecule has 2 unspecified atom stereocenters. The summed E-state index contributed by atoms with van der Waals surface area (Å²) in [4.78, 5) is 7.04. The molecule has 5 heteroatoms. The highest BCUT2D eigenvalue weighted by Crippen LogP contribution is 2.47. The molecule has 0 bridgehead atoms. The molecule has 2 aliphatic rings. The SMILES string of the molecule is CCNC(=NCC1CC1c1ccccc1)N(C)CCOCC1CC1.I. The molecule has 0 aromatic heterocycles. The minimum absolute atomic E-state index is 0. The quantitative estimate of drug-likeness (QED) is 0.266. The number of hydrogen-bond donors (Lipinski definition) is 1. The number of halogens is 1. The summed E-state index contributed by atoms with van der Waals surface area (Å²) in [6, 6.07) is 10.8. The van der Waals surface area contributed by atoms with Crippen LogP contribution >= 0.6 is 24.0 Å². The Labute approximate surface area is 169 Å². The lowest BCUT2D eigenvalue weighted by molar-refractivity contribution is 0.115. The van der Waals surface area contributed by atoms with Gasteiger partial charge in [-0.1, -0.05) is 30.3 Å². The van der Waals surface area contributed by atoms with E-state index >= 15 is 0 Å². The third-order valence-electron chi connectivity index (χ3n) is 4.94. The third-order valence-corrected chi connectivity index (χ3v) is 4.94. The van der Waals surface area contributed by atoms with Crippen LogP contribution < -0.4 is 5.32 Å². The number of hydrogen-bond acceptors (Lipinski definition) is 2. The van der Waals surface area contributed by atoms with E-state index < -0.39 is 0 Å². The topological polar surface area (TPSA) is 36.9 Å². The second-order valence-electron chi connectivity index (χ2n) is 7.15. The van der Waals surface area contributed by atoms with Gasteiger partial charge in [0.05, 0.1) is 6.61 Å². The average Bonchev–Trinajstić information content (AvgIpc) is 3.51. The smallest absolute Gasteiger partial charge is 0.193 e. The van der Waals surface area contributed by atoms with Crippen molar-refractivity contribution in [1.82, 2.24) is 10.2 Å². The van der Waals surface area contributed by atoms with Crippen LogP contribution in [0.25, 0.3) is 0 Å². The zero-order chi connectivity index (χ0) is 16.8. The standard InChI is InChI=1S/C20H31N3O.HI/c1-3-21-20(23(2)11-12-24-15-16-9-10-16)22-14-18-13-19(18)17-7-5-4-6-8-17;/h4-8,16,18-19H,3,9-15H2,1-2H3,(H,21,22);1H. The van der Waals surface area contributed by atoms with Gasteiger partial charge >= 0.3 is 0 Å². The minimum Gasteiger partial charge on any atom is -0.379 e. The summed E-state index contributed by atoms with van der Waals surface area (Å²) in [6.45, 7) is 6.55. The molecule has 2 fully saturated rings. The fourth-order valence-corrected chi connectivity index (χ4v) is 3.07. The van der Waals surface area contributed by atoms with E-state index in [-0.39, 0.29) is 24.0 Å². The Kier molecular flexibility index (Phi) is 8.49. The van der Waals surface area contributed by atoms with Gasteiger partial charge in [-0.3, -0.25) is 4.99 Å². The fraction of sp³-hybridized carbons (Fsp3) is 0.650.